The lowest BCUT2D eigenvalue weighted by atomic mass is 10.2. The lowest BCUT2D eigenvalue weighted by Gasteiger charge is -2.27. The van der Waals surface area contributed by atoms with Gasteiger partial charge in [-0.1, -0.05) is 0 Å². The Hall–Kier alpha value is -0.110. The first-order valence-electron chi connectivity index (χ1n) is 6.75. The quantitative estimate of drug-likeness (QED) is 0.675. The van der Waals surface area contributed by atoms with Crippen LogP contribution in [0.2, 0.25) is 0 Å². The summed E-state index contributed by atoms with van der Waals surface area (Å²) in [7, 11) is 0. The SMILES string of the molecule is Cl.Cl.O=C(NCCCN1CCOCC1)C1COCCN1. The number of carbonyl (C=O) groups is 1. The molecule has 2 aliphatic rings. The molecular weight excluding hydrogens is 305 g/mol. The van der Waals surface area contributed by atoms with Crippen molar-refractivity contribution >= 4 is 30.7 Å². The largest absolute Gasteiger partial charge is 0.379 e. The first-order chi connectivity index (χ1) is 8.86. The van der Waals surface area contributed by atoms with E-state index in [1.54, 1.807) is 0 Å². The standard InChI is InChI=1S/C12H23N3O3.2ClH/c16-12(11-10-18-7-3-13-11)14-2-1-4-15-5-8-17-9-6-15;;/h11,13H,1-10H2,(H,14,16);2*1H. The topological polar surface area (TPSA) is 62.8 Å². The number of hydrogen-bond donors (Lipinski definition) is 2. The molecule has 2 rings (SSSR count). The van der Waals surface area contributed by atoms with Gasteiger partial charge in [0.1, 0.15) is 6.04 Å². The van der Waals surface area contributed by atoms with Crippen molar-refractivity contribution < 1.29 is 14.3 Å². The van der Waals surface area contributed by atoms with Gasteiger partial charge in [0, 0.05) is 26.2 Å². The van der Waals surface area contributed by atoms with Crippen LogP contribution in [0.15, 0.2) is 0 Å². The van der Waals surface area contributed by atoms with Gasteiger partial charge < -0.3 is 20.1 Å². The summed E-state index contributed by atoms with van der Waals surface area (Å²) < 4.78 is 10.5. The summed E-state index contributed by atoms with van der Waals surface area (Å²) in [5.74, 6) is 0.0525. The van der Waals surface area contributed by atoms with E-state index in [1.807, 2.05) is 0 Å². The number of amides is 1. The Bertz CT molecular complexity index is 260. The number of nitrogens with zero attached hydrogens (tertiary/aromatic N) is 1. The molecule has 20 heavy (non-hydrogen) atoms. The van der Waals surface area contributed by atoms with E-state index in [0.717, 1.165) is 52.4 Å². The molecule has 6 nitrogen and oxygen atoms in total. The highest BCUT2D eigenvalue weighted by Gasteiger charge is 2.20. The third kappa shape index (κ3) is 7.06. The fraction of sp³-hybridized carbons (Fsp3) is 0.917. The van der Waals surface area contributed by atoms with Crippen molar-refractivity contribution in [2.45, 2.75) is 12.5 Å². The van der Waals surface area contributed by atoms with Gasteiger partial charge in [0.25, 0.3) is 0 Å². The summed E-state index contributed by atoms with van der Waals surface area (Å²) in [4.78, 5) is 14.1. The Morgan fingerprint density at radius 1 is 1.20 bits per heavy atom. The highest BCUT2D eigenvalue weighted by Crippen LogP contribution is 1.98. The monoisotopic (exact) mass is 329 g/mol. The molecule has 2 saturated heterocycles. The summed E-state index contributed by atoms with van der Waals surface area (Å²) in [6.07, 6.45) is 0.985. The minimum atomic E-state index is -0.179. The summed E-state index contributed by atoms with van der Waals surface area (Å²) in [5.41, 5.74) is 0. The van der Waals surface area contributed by atoms with Crippen molar-refractivity contribution in [3.05, 3.63) is 0 Å². The Morgan fingerprint density at radius 2 is 1.95 bits per heavy atom. The molecule has 1 atom stereocenters. The maximum atomic E-state index is 11.8. The van der Waals surface area contributed by atoms with Crippen LogP contribution in [-0.4, -0.2) is 76.0 Å². The van der Waals surface area contributed by atoms with Crippen molar-refractivity contribution in [1.82, 2.24) is 15.5 Å². The van der Waals surface area contributed by atoms with Gasteiger partial charge in [0.05, 0.1) is 26.4 Å². The Labute approximate surface area is 132 Å². The molecule has 1 amide bonds. The number of nitrogens with one attached hydrogen (secondary N) is 2. The normalized spacial score (nSPS) is 23.3. The highest BCUT2D eigenvalue weighted by atomic mass is 35.5. The summed E-state index contributed by atoms with van der Waals surface area (Å²) in [6, 6.07) is -0.179. The van der Waals surface area contributed by atoms with Gasteiger partial charge in [-0.05, 0) is 13.0 Å². The molecule has 120 valence electrons. The maximum absolute atomic E-state index is 11.8. The predicted octanol–water partition coefficient (Wildman–Crippen LogP) is -0.343. The number of hydrogen-bond acceptors (Lipinski definition) is 5. The lowest BCUT2D eigenvalue weighted by molar-refractivity contribution is -0.125. The number of ether oxygens (including phenoxy) is 2. The molecule has 0 radical (unpaired) electrons. The van der Waals surface area contributed by atoms with Crippen molar-refractivity contribution in [2.24, 2.45) is 0 Å². The van der Waals surface area contributed by atoms with Crippen LogP contribution in [0, 0.1) is 0 Å². The zero-order chi connectivity index (χ0) is 12.6. The van der Waals surface area contributed by atoms with Crippen molar-refractivity contribution in [3.8, 4) is 0 Å². The van der Waals surface area contributed by atoms with Gasteiger partial charge in [-0.3, -0.25) is 9.69 Å². The van der Waals surface area contributed by atoms with E-state index < -0.39 is 0 Å². The van der Waals surface area contributed by atoms with Crippen molar-refractivity contribution in [1.29, 1.82) is 0 Å². The molecule has 8 heteroatoms. The van der Waals surface area contributed by atoms with E-state index >= 15 is 0 Å². The average molecular weight is 330 g/mol. The molecule has 2 N–H and O–H groups in total. The number of halogens is 2. The van der Waals surface area contributed by atoms with Crippen LogP contribution in [0.4, 0.5) is 0 Å². The van der Waals surface area contributed by atoms with Crippen molar-refractivity contribution in [2.75, 3.05) is 59.2 Å². The first kappa shape index (κ1) is 19.9. The predicted molar refractivity (Wildman–Crippen MR) is 82.0 cm³/mol. The average Bonchev–Trinajstić information content (AvgIpc) is 2.45. The zero-order valence-electron chi connectivity index (χ0n) is 11.6. The second kappa shape index (κ2) is 11.5. The van der Waals surface area contributed by atoms with Crippen LogP contribution in [0.5, 0.6) is 0 Å². The van der Waals surface area contributed by atoms with Crippen LogP contribution in [-0.2, 0) is 14.3 Å². The van der Waals surface area contributed by atoms with E-state index in [1.165, 1.54) is 0 Å². The summed E-state index contributed by atoms with van der Waals surface area (Å²) in [5, 5.41) is 6.10. The summed E-state index contributed by atoms with van der Waals surface area (Å²) in [6.45, 7) is 7.36. The molecule has 0 aromatic heterocycles. The Kier molecular flexibility index (Phi) is 11.5. The Balaban J connectivity index is 0.00000180. The van der Waals surface area contributed by atoms with Gasteiger partial charge in [-0.25, -0.2) is 0 Å². The van der Waals surface area contributed by atoms with E-state index in [-0.39, 0.29) is 36.8 Å². The summed E-state index contributed by atoms with van der Waals surface area (Å²) >= 11 is 0. The van der Waals surface area contributed by atoms with Crippen molar-refractivity contribution in [3.63, 3.8) is 0 Å². The molecule has 2 heterocycles. The Morgan fingerprint density at radius 3 is 2.60 bits per heavy atom. The maximum Gasteiger partial charge on any atom is 0.239 e. The van der Waals surface area contributed by atoms with Gasteiger partial charge in [-0.15, -0.1) is 24.8 Å². The van der Waals surface area contributed by atoms with Gasteiger partial charge in [0.2, 0.25) is 5.91 Å². The van der Waals surface area contributed by atoms with Gasteiger partial charge in [0.15, 0.2) is 0 Å². The van der Waals surface area contributed by atoms with Crippen LogP contribution < -0.4 is 10.6 Å². The molecule has 0 saturated carbocycles. The van der Waals surface area contributed by atoms with E-state index in [2.05, 4.69) is 15.5 Å². The van der Waals surface area contributed by atoms with E-state index in [9.17, 15) is 4.79 Å². The fourth-order valence-corrected chi connectivity index (χ4v) is 2.20. The number of morpholine rings is 2. The molecule has 2 fully saturated rings. The van der Waals surface area contributed by atoms with Crippen LogP contribution in [0.3, 0.4) is 0 Å². The smallest absolute Gasteiger partial charge is 0.239 e. The molecule has 2 aliphatic heterocycles. The van der Waals surface area contributed by atoms with Gasteiger partial charge in [-0.2, -0.15) is 0 Å². The minimum absolute atomic E-state index is 0. The van der Waals surface area contributed by atoms with Crippen LogP contribution in [0.25, 0.3) is 0 Å². The number of rotatable bonds is 5. The molecule has 0 aromatic carbocycles. The van der Waals surface area contributed by atoms with Gasteiger partial charge >= 0.3 is 0 Å². The highest BCUT2D eigenvalue weighted by molar-refractivity contribution is 5.85. The second-order valence-electron chi connectivity index (χ2n) is 4.68. The minimum Gasteiger partial charge on any atom is -0.379 e. The third-order valence-electron chi connectivity index (χ3n) is 3.29. The third-order valence-corrected chi connectivity index (χ3v) is 3.29. The van der Waals surface area contributed by atoms with Crippen LogP contribution in [0.1, 0.15) is 6.42 Å². The molecule has 0 spiro atoms. The molecule has 0 aromatic rings. The molecule has 0 bridgehead atoms. The molecule has 1 unspecified atom stereocenters. The van der Waals surface area contributed by atoms with E-state index in [4.69, 9.17) is 9.47 Å². The number of carbonyl (C=O) groups excluding carboxylic acids is 1. The second-order valence-corrected chi connectivity index (χ2v) is 4.68. The fourth-order valence-electron chi connectivity index (χ4n) is 2.20. The van der Waals surface area contributed by atoms with E-state index in [0.29, 0.717) is 13.2 Å². The molecule has 0 aliphatic carbocycles. The molecular formula is C12H25Cl2N3O3. The zero-order valence-corrected chi connectivity index (χ0v) is 13.3. The van der Waals surface area contributed by atoms with Crippen LogP contribution >= 0.6 is 24.8 Å². The lowest BCUT2D eigenvalue weighted by Crippen LogP contribution is -2.51. The first-order valence-corrected chi connectivity index (χ1v) is 6.75.